The third kappa shape index (κ3) is 4.23. The number of rotatable bonds is 6. The van der Waals surface area contributed by atoms with Crippen LogP contribution in [0.15, 0.2) is 0 Å². The van der Waals surface area contributed by atoms with Crippen LogP contribution in [0.2, 0.25) is 0 Å². The molecule has 0 saturated carbocycles. The van der Waals surface area contributed by atoms with Crippen LogP contribution in [0.3, 0.4) is 0 Å². The fraction of sp³-hybridized carbons (Fsp3) is 1.00. The van der Waals surface area contributed by atoms with Gasteiger partial charge in [0, 0.05) is 12.6 Å². The molecule has 0 bridgehead atoms. The summed E-state index contributed by atoms with van der Waals surface area (Å²) in [5.74, 6) is 0. The number of hydrogen-bond acceptors (Lipinski definition) is 3. The maximum Gasteiger partial charge on any atom is 0.0789 e. The molecule has 0 radical (unpaired) electrons. The molecule has 1 atom stereocenters. The molecule has 0 amide bonds. The van der Waals surface area contributed by atoms with E-state index in [0.29, 0.717) is 12.6 Å². The Morgan fingerprint density at radius 1 is 1.18 bits per heavy atom. The van der Waals surface area contributed by atoms with E-state index in [1.54, 1.807) is 0 Å². The Bertz CT molecular complexity index is 238. The molecule has 1 N–H and O–H groups in total. The van der Waals surface area contributed by atoms with Gasteiger partial charge < -0.3 is 14.7 Å². The molecular formula is C14H29NO2. The second-order valence-electron chi connectivity index (χ2n) is 6.45. The Kier molecular flexibility index (Phi) is 4.99. The molecule has 3 heteroatoms. The van der Waals surface area contributed by atoms with Gasteiger partial charge in [0.1, 0.15) is 0 Å². The number of nitrogens with zero attached hydrogens (tertiary/aromatic N) is 1. The van der Waals surface area contributed by atoms with E-state index in [-0.39, 0.29) is 11.2 Å². The first kappa shape index (κ1) is 14.9. The minimum Gasteiger partial charge on any atom is -0.396 e. The number of likely N-dealkylation sites (N-methyl/N-ethyl adjacent to an activating group) is 1. The van der Waals surface area contributed by atoms with E-state index in [2.05, 4.69) is 39.6 Å². The Labute approximate surface area is 106 Å². The second kappa shape index (κ2) is 5.68. The second-order valence-corrected chi connectivity index (χ2v) is 6.45. The van der Waals surface area contributed by atoms with Gasteiger partial charge in [0.05, 0.1) is 11.2 Å². The summed E-state index contributed by atoms with van der Waals surface area (Å²) >= 11 is 0. The lowest BCUT2D eigenvalue weighted by Crippen LogP contribution is -2.44. The van der Waals surface area contributed by atoms with Crippen LogP contribution in [0.25, 0.3) is 0 Å². The Morgan fingerprint density at radius 2 is 1.82 bits per heavy atom. The maximum atomic E-state index is 8.76. The van der Waals surface area contributed by atoms with Crippen molar-refractivity contribution >= 4 is 0 Å². The monoisotopic (exact) mass is 243 g/mol. The molecule has 0 aromatic heterocycles. The molecule has 0 aromatic carbocycles. The predicted molar refractivity (Wildman–Crippen MR) is 71.2 cm³/mol. The highest BCUT2D eigenvalue weighted by Crippen LogP contribution is 2.39. The fourth-order valence-electron chi connectivity index (χ4n) is 3.03. The summed E-state index contributed by atoms with van der Waals surface area (Å²) in [5, 5.41) is 8.76. The van der Waals surface area contributed by atoms with Crippen molar-refractivity contribution < 1.29 is 9.84 Å². The average molecular weight is 243 g/mol. The zero-order valence-electron chi connectivity index (χ0n) is 12.1. The summed E-state index contributed by atoms with van der Waals surface area (Å²) in [6, 6.07) is 0.492. The smallest absolute Gasteiger partial charge is 0.0789 e. The number of aliphatic hydroxyl groups is 1. The highest BCUT2D eigenvalue weighted by atomic mass is 16.5. The van der Waals surface area contributed by atoms with Gasteiger partial charge in [-0.3, -0.25) is 0 Å². The number of unbranched alkanes of at least 4 members (excludes halogenated alkanes) is 2. The number of hydrogen-bond donors (Lipinski definition) is 1. The van der Waals surface area contributed by atoms with Crippen molar-refractivity contribution in [3.63, 3.8) is 0 Å². The Morgan fingerprint density at radius 3 is 2.29 bits per heavy atom. The SMILES string of the molecule is CN(CCCCCO)C1CC(C)(C)OC1(C)C. The highest BCUT2D eigenvalue weighted by molar-refractivity contribution is 4.99. The van der Waals surface area contributed by atoms with Crippen molar-refractivity contribution in [2.45, 2.75) is 70.6 Å². The molecule has 1 aliphatic rings. The van der Waals surface area contributed by atoms with Crippen molar-refractivity contribution in [2.75, 3.05) is 20.2 Å². The van der Waals surface area contributed by atoms with Gasteiger partial charge in [-0.05, 0) is 67.0 Å². The van der Waals surface area contributed by atoms with E-state index in [0.717, 1.165) is 32.2 Å². The third-order valence-electron chi connectivity index (χ3n) is 3.73. The van der Waals surface area contributed by atoms with Crippen molar-refractivity contribution in [2.24, 2.45) is 0 Å². The van der Waals surface area contributed by atoms with Gasteiger partial charge in [-0.1, -0.05) is 0 Å². The summed E-state index contributed by atoms with van der Waals surface area (Å²) in [6.07, 6.45) is 4.28. The summed E-state index contributed by atoms with van der Waals surface area (Å²) in [7, 11) is 2.19. The predicted octanol–water partition coefficient (Wildman–Crippen LogP) is 2.43. The van der Waals surface area contributed by atoms with Gasteiger partial charge in [0.25, 0.3) is 0 Å². The van der Waals surface area contributed by atoms with Crippen molar-refractivity contribution in [1.29, 1.82) is 0 Å². The normalized spacial score (nSPS) is 26.6. The van der Waals surface area contributed by atoms with E-state index >= 15 is 0 Å². The first-order valence-corrected chi connectivity index (χ1v) is 6.80. The maximum absolute atomic E-state index is 8.76. The van der Waals surface area contributed by atoms with Crippen LogP contribution in [0, 0.1) is 0 Å². The van der Waals surface area contributed by atoms with Crippen LogP contribution < -0.4 is 0 Å². The first-order valence-electron chi connectivity index (χ1n) is 6.80. The molecule has 1 saturated heterocycles. The van der Waals surface area contributed by atoms with Crippen LogP contribution in [-0.4, -0.2) is 47.4 Å². The highest BCUT2D eigenvalue weighted by Gasteiger charge is 2.47. The fourth-order valence-corrected chi connectivity index (χ4v) is 3.03. The quantitative estimate of drug-likeness (QED) is 0.727. The Balaban J connectivity index is 2.43. The lowest BCUT2D eigenvalue weighted by Gasteiger charge is -2.33. The van der Waals surface area contributed by atoms with E-state index in [1.165, 1.54) is 0 Å². The standard InChI is InChI=1S/C14H29NO2/c1-13(2)11-12(14(3,4)17-13)15(5)9-7-6-8-10-16/h12,16H,6-11H2,1-5H3. The van der Waals surface area contributed by atoms with Crippen molar-refractivity contribution in [1.82, 2.24) is 4.90 Å². The minimum absolute atomic E-state index is 0.00642. The van der Waals surface area contributed by atoms with Gasteiger partial charge in [0.2, 0.25) is 0 Å². The van der Waals surface area contributed by atoms with E-state index in [4.69, 9.17) is 9.84 Å². The molecule has 102 valence electrons. The third-order valence-corrected chi connectivity index (χ3v) is 3.73. The van der Waals surface area contributed by atoms with E-state index < -0.39 is 0 Å². The molecule has 0 spiro atoms. The van der Waals surface area contributed by atoms with Crippen LogP contribution in [0.5, 0.6) is 0 Å². The summed E-state index contributed by atoms with van der Waals surface area (Å²) in [5.41, 5.74) is -0.0667. The lowest BCUT2D eigenvalue weighted by atomic mass is 9.93. The molecular weight excluding hydrogens is 214 g/mol. The molecule has 0 aliphatic carbocycles. The topological polar surface area (TPSA) is 32.7 Å². The first-order chi connectivity index (χ1) is 7.78. The van der Waals surface area contributed by atoms with Crippen LogP contribution in [0.1, 0.15) is 53.4 Å². The molecule has 1 heterocycles. The van der Waals surface area contributed by atoms with Gasteiger partial charge in [0.15, 0.2) is 0 Å². The summed E-state index contributed by atoms with van der Waals surface area (Å²) in [6.45, 7) is 10.1. The van der Waals surface area contributed by atoms with Gasteiger partial charge in [-0.25, -0.2) is 0 Å². The zero-order chi connectivity index (χ0) is 13.1. The minimum atomic E-state index is -0.0603. The molecule has 1 aliphatic heterocycles. The number of ether oxygens (including phenoxy) is 1. The summed E-state index contributed by atoms with van der Waals surface area (Å²) < 4.78 is 6.12. The molecule has 3 nitrogen and oxygen atoms in total. The van der Waals surface area contributed by atoms with Crippen LogP contribution in [0.4, 0.5) is 0 Å². The molecule has 17 heavy (non-hydrogen) atoms. The summed E-state index contributed by atoms with van der Waals surface area (Å²) in [4.78, 5) is 2.42. The van der Waals surface area contributed by atoms with E-state index in [1.807, 2.05) is 0 Å². The molecule has 1 unspecified atom stereocenters. The average Bonchev–Trinajstić information content (AvgIpc) is 2.41. The number of aliphatic hydroxyl groups excluding tert-OH is 1. The molecule has 1 fully saturated rings. The van der Waals surface area contributed by atoms with Crippen molar-refractivity contribution in [3.8, 4) is 0 Å². The van der Waals surface area contributed by atoms with Crippen LogP contribution >= 0.6 is 0 Å². The molecule has 0 aromatic rings. The van der Waals surface area contributed by atoms with Crippen LogP contribution in [-0.2, 0) is 4.74 Å². The van der Waals surface area contributed by atoms with Crippen molar-refractivity contribution in [3.05, 3.63) is 0 Å². The van der Waals surface area contributed by atoms with Gasteiger partial charge in [-0.15, -0.1) is 0 Å². The zero-order valence-corrected chi connectivity index (χ0v) is 12.1. The lowest BCUT2D eigenvalue weighted by molar-refractivity contribution is -0.0786. The van der Waals surface area contributed by atoms with E-state index in [9.17, 15) is 0 Å². The van der Waals surface area contributed by atoms with Gasteiger partial charge >= 0.3 is 0 Å². The van der Waals surface area contributed by atoms with Gasteiger partial charge in [-0.2, -0.15) is 0 Å². The Hall–Kier alpha value is -0.120. The molecule has 1 rings (SSSR count). The largest absolute Gasteiger partial charge is 0.396 e.